The number of esters is 2. The van der Waals surface area contributed by atoms with Gasteiger partial charge in [-0.05, 0) is 43.3 Å². The van der Waals surface area contributed by atoms with Crippen LogP contribution < -0.4 is 24.2 Å². The van der Waals surface area contributed by atoms with Gasteiger partial charge in [0.1, 0.15) is 22.0 Å². The number of halogens is 4. The molecule has 0 fully saturated rings. The molecule has 26 heteroatoms. The Morgan fingerprint density at radius 3 is 2.14 bits per heavy atom. The van der Waals surface area contributed by atoms with Gasteiger partial charge in [-0.3, -0.25) is 15.4 Å². The average molecular weight is 879 g/mol. The number of urea groups is 1. The molecule has 4 rings (SSSR count). The zero-order valence-electron chi connectivity index (χ0n) is 30.2. The van der Waals surface area contributed by atoms with E-state index in [1.54, 1.807) is 4.72 Å². The summed E-state index contributed by atoms with van der Waals surface area (Å²) >= 11 is 5.81. The number of sulfonamides is 1. The number of sulfone groups is 1. The molecule has 0 radical (unpaired) electrons. The Labute approximate surface area is 331 Å². The van der Waals surface area contributed by atoms with E-state index in [2.05, 4.69) is 25.0 Å². The summed E-state index contributed by atoms with van der Waals surface area (Å²) in [5.74, 6) is -2.88. The van der Waals surface area contributed by atoms with Crippen molar-refractivity contribution < 1.29 is 73.0 Å². The van der Waals surface area contributed by atoms with E-state index in [9.17, 15) is 54.5 Å². The molecule has 0 aliphatic carbocycles. The second kappa shape index (κ2) is 19.7. The standard InChI is InChI=1S/C18H13ClF3NO7.C14H17N5O7S2/c1-2-28-16(24)9-29-17(25)12-8-11(4-5-14(12)23(26)27)30-15-6-3-10(7-13(15)19)18(20,21)22;1-4-27(21,22)9-6-5-7-15-12(9)28(23,24)19-14(20)18-13-16-10(25-2)8-11(17-13)26-3/h3-8H,2,9H2,1H3;5-8H,4H2,1-3H3,(H2,16,17,18,19,20). The normalized spacial score (nSPS) is 11.2. The number of aromatic nitrogens is 3. The number of ether oxygens (including phenoxy) is 5. The first-order chi connectivity index (χ1) is 27.1. The van der Waals surface area contributed by atoms with Crippen LogP contribution in [0.15, 0.2) is 70.7 Å². The maximum absolute atomic E-state index is 12.7. The summed E-state index contributed by atoms with van der Waals surface area (Å²) in [7, 11) is -5.85. The molecule has 2 aromatic heterocycles. The lowest BCUT2D eigenvalue weighted by atomic mass is 10.1. The molecule has 0 aliphatic rings. The first kappa shape index (κ1) is 46.0. The lowest BCUT2D eigenvalue weighted by Gasteiger charge is -2.12. The molecule has 0 saturated heterocycles. The summed E-state index contributed by atoms with van der Waals surface area (Å²) in [6.07, 6.45) is -3.51. The van der Waals surface area contributed by atoms with E-state index in [0.29, 0.717) is 6.07 Å². The predicted octanol–water partition coefficient (Wildman–Crippen LogP) is 4.97. The van der Waals surface area contributed by atoms with Gasteiger partial charge in [-0.25, -0.2) is 32.5 Å². The van der Waals surface area contributed by atoms with Gasteiger partial charge in [-0.15, -0.1) is 0 Å². The molecule has 0 unspecified atom stereocenters. The number of nitro groups is 1. The molecular weight excluding hydrogens is 849 g/mol. The van der Waals surface area contributed by atoms with Crippen LogP contribution in [0.2, 0.25) is 5.02 Å². The van der Waals surface area contributed by atoms with Crippen molar-refractivity contribution in [3.8, 4) is 23.3 Å². The van der Waals surface area contributed by atoms with Crippen LogP contribution in [-0.4, -0.2) is 87.9 Å². The minimum Gasteiger partial charge on any atom is -0.481 e. The second-order valence-electron chi connectivity index (χ2n) is 10.6. The highest BCUT2D eigenvalue weighted by Gasteiger charge is 2.32. The Balaban J connectivity index is 0.000000311. The Morgan fingerprint density at radius 2 is 1.59 bits per heavy atom. The fourth-order valence-electron chi connectivity index (χ4n) is 4.13. The third-order valence-corrected chi connectivity index (χ3v) is 10.2. The van der Waals surface area contributed by atoms with Crippen molar-refractivity contribution in [2.45, 2.75) is 29.9 Å². The summed E-state index contributed by atoms with van der Waals surface area (Å²) in [5, 5.41) is 12.1. The van der Waals surface area contributed by atoms with Crippen LogP contribution in [0, 0.1) is 10.1 Å². The van der Waals surface area contributed by atoms with Gasteiger partial charge in [0.15, 0.2) is 21.5 Å². The summed E-state index contributed by atoms with van der Waals surface area (Å²) in [6, 6.07) is 7.83. The molecule has 0 atom stereocenters. The van der Waals surface area contributed by atoms with Gasteiger partial charge in [0.25, 0.3) is 15.7 Å². The number of pyridine rings is 1. The van der Waals surface area contributed by atoms with Crippen molar-refractivity contribution in [3.05, 3.63) is 87.1 Å². The number of nitrogens with zero attached hydrogens (tertiary/aromatic N) is 4. The Bertz CT molecular complexity index is 2380. The smallest absolute Gasteiger partial charge is 0.416 e. The highest BCUT2D eigenvalue weighted by Crippen LogP contribution is 2.37. The highest BCUT2D eigenvalue weighted by molar-refractivity contribution is 7.93. The molecule has 0 saturated carbocycles. The molecule has 2 N–H and O–H groups in total. The maximum atomic E-state index is 12.7. The second-order valence-corrected chi connectivity index (χ2v) is 14.9. The molecule has 0 spiro atoms. The number of alkyl halides is 3. The number of nitro benzene ring substituents is 1. The van der Waals surface area contributed by atoms with Crippen LogP contribution in [0.3, 0.4) is 0 Å². The number of amides is 2. The first-order valence-corrected chi connectivity index (χ1v) is 19.3. The number of hydrogen-bond donors (Lipinski definition) is 2. The highest BCUT2D eigenvalue weighted by atomic mass is 35.5. The topological polar surface area (TPSA) is 272 Å². The zero-order chi connectivity index (χ0) is 43.4. The van der Waals surface area contributed by atoms with Crippen LogP contribution in [-0.2, 0) is 40.3 Å². The van der Waals surface area contributed by atoms with Crippen molar-refractivity contribution in [1.29, 1.82) is 0 Å². The predicted molar refractivity (Wildman–Crippen MR) is 193 cm³/mol. The van der Waals surface area contributed by atoms with E-state index >= 15 is 0 Å². The number of carbonyl (C=O) groups excluding carboxylic acids is 3. The summed E-state index contributed by atoms with van der Waals surface area (Å²) in [6.45, 7) is 2.18. The molecule has 0 aliphatic heterocycles. The van der Waals surface area contributed by atoms with Gasteiger partial charge >= 0.3 is 24.1 Å². The van der Waals surface area contributed by atoms with Gasteiger partial charge in [0, 0.05) is 18.3 Å². The maximum Gasteiger partial charge on any atom is 0.416 e. The number of carbonyl (C=O) groups is 3. The van der Waals surface area contributed by atoms with Crippen molar-refractivity contribution in [3.63, 3.8) is 0 Å². The molecule has 0 bridgehead atoms. The summed E-state index contributed by atoms with van der Waals surface area (Å²) in [5.41, 5.74) is -2.16. The Hall–Kier alpha value is -6.34. The number of hydrogen-bond acceptors (Lipinski definition) is 17. The third kappa shape index (κ3) is 12.6. The summed E-state index contributed by atoms with van der Waals surface area (Å²) < 4.78 is 113. The average Bonchev–Trinajstić information content (AvgIpc) is 3.17. The van der Waals surface area contributed by atoms with E-state index < -0.39 is 82.3 Å². The number of rotatable bonds is 14. The molecular formula is C32H30ClF3N6O14S2. The van der Waals surface area contributed by atoms with Gasteiger partial charge in [0.05, 0.1) is 48.2 Å². The fraction of sp³-hybridized carbons (Fsp3) is 0.250. The minimum absolute atomic E-state index is 0.0493. The van der Waals surface area contributed by atoms with Crippen LogP contribution in [0.5, 0.6) is 23.3 Å². The zero-order valence-corrected chi connectivity index (χ0v) is 32.6. The van der Waals surface area contributed by atoms with E-state index in [1.807, 2.05) is 0 Å². The quantitative estimate of drug-likeness (QED) is 0.0961. The van der Waals surface area contributed by atoms with Crippen LogP contribution in [0.4, 0.5) is 29.6 Å². The van der Waals surface area contributed by atoms with Crippen molar-refractivity contribution >= 4 is 61.1 Å². The van der Waals surface area contributed by atoms with Crippen LogP contribution in [0.25, 0.3) is 0 Å². The van der Waals surface area contributed by atoms with Gasteiger partial charge in [-0.2, -0.15) is 31.6 Å². The van der Waals surface area contributed by atoms with Crippen molar-refractivity contribution in [1.82, 2.24) is 19.7 Å². The monoisotopic (exact) mass is 878 g/mol. The largest absolute Gasteiger partial charge is 0.481 e. The van der Waals surface area contributed by atoms with Gasteiger partial charge in [0.2, 0.25) is 17.7 Å². The molecule has 20 nitrogen and oxygen atoms in total. The third-order valence-electron chi connectivity index (χ3n) is 6.75. The summed E-state index contributed by atoms with van der Waals surface area (Å²) in [4.78, 5) is 56.6. The molecule has 312 valence electrons. The van der Waals surface area contributed by atoms with E-state index in [-0.39, 0.29) is 46.6 Å². The number of nitrogens with one attached hydrogen (secondary N) is 2. The molecule has 58 heavy (non-hydrogen) atoms. The Kier molecular flexibility index (Phi) is 15.6. The van der Waals surface area contributed by atoms with Gasteiger partial charge < -0.3 is 23.7 Å². The first-order valence-electron chi connectivity index (χ1n) is 15.8. The van der Waals surface area contributed by atoms with E-state index in [0.717, 1.165) is 42.6 Å². The molecule has 4 aromatic rings. The van der Waals surface area contributed by atoms with Crippen molar-refractivity contribution in [2.24, 2.45) is 0 Å². The van der Waals surface area contributed by atoms with E-state index in [4.69, 9.17) is 30.5 Å². The van der Waals surface area contributed by atoms with Gasteiger partial charge in [-0.1, -0.05) is 18.5 Å². The lowest BCUT2D eigenvalue weighted by molar-refractivity contribution is -0.385. The van der Waals surface area contributed by atoms with Crippen LogP contribution >= 0.6 is 11.6 Å². The number of benzene rings is 2. The SMILES string of the molecule is CCOC(=O)COC(=O)c1cc(Oc2ccc(C(F)(F)F)cc2Cl)ccc1[N+](=O)[O-].CCS(=O)(=O)c1cccnc1S(=O)(=O)NC(=O)Nc1nc(OC)cc(OC)n1. The molecule has 2 amide bonds. The van der Waals surface area contributed by atoms with Crippen LogP contribution in [0.1, 0.15) is 29.8 Å². The molecule has 2 heterocycles. The fourth-order valence-corrected chi connectivity index (χ4v) is 6.90. The molecule has 2 aromatic carbocycles. The van der Waals surface area contributed by atoms with E-state index in [1.165, 1.54) is 40.2 Å². The lowest BCUT2D eigenvalue weighted by Crippen LogP contribution is -2.36. The van der Waals surface area contributed by atoms with Crippen molar-refractivity contribution in [2.75, 3.05) is 38.5 Å². The Morgan fingerprint density at radius 1 is 0.931 bits per heavy atom. The number of methoxy groups -OCH3 is 2. The minimum atomic E-state index is -4.61. The number of anilines is 1.